The van der Waals surface area contributed by atoms with E-state index in [-0.39, 0.29) is 5.91 Å². The van der Waals surface area contributed by atoms with Crippen molar-refractivity contribution in [3.05, 3.63) is 45.9 Å². The molecule has 4 nitrogen and oxygen atoms in total. The Labute approximate surface area is 154 Å². The van der Waals surface area contributed by atoms with Crippen molar-refractivity contribution in [2.45, 2.75) is 46.1 Å². The van der Waals surface area contributed by atoms with E-state index in [4.69, 9.17) is 0 Å². The highest BCUT2D eigenvalue weighted by Crippen LogP contribution is 2.19. The SMILES string of the molecule is CCc1nc(CC(=O)Nc2ccc(CN3CCCC(C)C3)cc2)cs1. The average Bonchev–Trinajstić information content (AvgIpc) is 3.04. The van der Waals surface area contributed by atoms with E-state index in [1.807, 2.05) is 17.5 Å². The van der Waals surface area contributed by atoms with Gasteiger partial charge in [-0.1, -0.05) is 26.0 Å². The maximum Gasteiger partial charge on any atom is 0.230 e. The van der Waals surface area contributed by atoms with Crippen LogP contribution in [0.1, 0.15) is 43.0 Å². The maximum atomic E-state index is 12.2. The van der Waals surface area contributed by atoms with Crippen LogP contribution >= 0.6 is 11.3 Å². The molecule has 1 saturated heterocycles. The van der Waals surface area contributed by atoms with E-state index in [2.05, 4.69) is 41.2 Å². The van der Waals surface area contributed by atoms with Crippen LogP contribution in [0.2, 0.25) is 0 Å². The summed E-state index contributed by atoms with van der Waals surface area (Å²) in [6.07, 6.45) is 3.90. The third kappa shape index (κ3) is 5.38. The normalized spacial score (nSPS) is 18.2. The molecule has 2 heterocycles. The Balaban J connectivity index is 1.50. The molecule has 0 saturated carbocycles. The Kier molecular flexibility index (Phi) is 6.21. The van der Waals surface area contributed by atoms with Crippen LogP contribution in [0.5, 0.6) is 0 Å². The second kappa shape index (κ2) is 8.59. The minimum absolute atomic E-state index is 0.00874. The van der Waals surface area contributed by atoms with Crippen molar-refractivity contribution in [2.75, 3.05) is 18.4 Å². The molecule has 0 radical (unpaired) electrons. The molecule has 0 spiro atoms. The van der Waals surface area contributed by atoms with Crippen molar-refractivity contribution in [1.29, 1.82) is 0 Å². The quantitative estimate of drug-likeness (QED) is 0.846. The van der Waals surface area contributed by atoms with Crippen molar-refractivity contribution in [1.82, 2.24) is 9.88 Å². The van der Waals surface area contributed by atoms with Gasteiger partial charge in [0.05, 0.1) is 17.1 Å². The number of benzene rings is 1. The first-order valence-electron chi connectivity index (χ1n) is 9.17. The summed E-state index contributed by atoms with van der Waals surface area (Å²) in [5.74, 6) is 0.789. The van der Waals surface area contributed by atoms with Crippen LogP contribution in [0.25, 0.3) is 0 Å². The highest BCUT2D eigenvalue weighted by molar-refractivity contribution is 7.09. The van der Waals surface area contributed by atoms with Crippen molar-refractivity contribution in [3.63, 3.8) is 0 Å². The summed E-state index contributed by atoms with van der Waals surface area (Å²) in [7, 11) is 0. The van der Waals surface area contributed by atoms with Gasteiger partial charge in [-0.05, 0) is 49.4 Å². The van der Waals surface area contributed by atoms with Crippen molar-refractivity contribution >= 4 is 22.9 Å². The maximum absolute atomic E-state index is 12.2. The van der Waals surface area contributed by atoms with Crippen molar-refractivity contribution < 1.29 is 4.79 Å². The number of hydrogen-bond donors (Lipinski definition) is 1. The molecule has 1 unspecified atom stereocenters. The van der Waals surface area contributed by atoms with Crippen LogP contribution in [0.4, 0.5) is 5.69 Å². The van der Waals surface area contributed by atoms with Gasteiger partial charge in [-0.15, -0.1) is 11.3 Å². The first kappa shape index (κ1) is 18.1. The van der Waals surface area contributed by atoms with E-state index in [1.54, 1.807) is 11.3 Å². The molecule has 0 bridgehead atoms. The van der Waals surface area contributed by atoms with Gasteiger partial charge >= 0.3 is 0 Å². The molecule has 1 aromatic carbocycles. The summed E-state index contributed by atoms with van der Waals surface area (Å²) in [4.78, 5) is 19.1. The number of piperidine rings is 1. The van der Waals surface area contributed by atoms with Crippen molar-refractivity contribution in [2.24, 2.45) is 5.92 Å². The third-order valence-corrected chi connectivity index (χ3v) is 5.67. The van der Waals surface area contributed by atoms with Gasteiger partial charge in [0.15, 0.2) is 0 Å². The number of anilines is 1. The number of amides is 1. The van der Waals surface area contributed by atoms with Crippen LogP contribution in [-0.2, 0) is 24.2 Å². The van der Waals surface area contributed by atoms with Gasteiger partial charge in [0.1, 0.15) is 0 Å². The number of carbonyl (C=O) groups excluding carboxylic acids is 1. The van der Waals surface area contributed by atoms with E-state index >= 15 is 0 Å². The summed E-state index contributed by atoms with van der Waals surface area (Å²) < 4.78 is 0. The van der Waals surface area contributed by atoms with Crippen LogP contribution in [0.3, 0.4) is 0 Å². The molecule has 2 aromatic rings. The molecule has 134 valence electrons. The van der Waals surface area contributed by atoms with E-state index in [9.17, 15) is 4.79 Å². The molecule has 5 heteroatoms. The number of rotatable bonds is 6. The van der Waals surface area contributed by atoms with Gasteiger partial charge in [-0.2, -0.15) is 0 Å². The lowest BCUT2D eigenvalue weighted by Gasteiger charge is -2.30. The molecule has 1 atom stereocenters. The van der Waals surface area contributed by atoms with E-state index in [1.165, 1.54) is 31.5 Å². The molecular weight excluding hydrogens is 330 g/mol. The van der Waals surface area contributed by atoms with Gasteiger partial charge in [0, 0.05) is 24.2 Å². The molecule has 1 aliphatic rings. The lowest BCUT2D eigenvalue weighted by Crippen LogP contribution is -2.33. The summed E-state index contributed by atoms with van der Waals surface area (Å²) in [5, 5.41) is 6.02. The Bertz CT molecular complexity index is 695. The Morgan fingerprint density at radius 2 is 2.16 bits per heavy atom. The minimum atomic E-state index is -0.00874. The molecule has 1 fully saturated rings. The smallest absolute Gasteiger partial charge is 0.230 e. The van der Waals surface area contributed by atoms with Gasteiger partial charge in [0.2, 0.25) is 5.91 Å². The summed E-state index contributed by atoms with van der Waals surface area (Å²) in [6.45, 7) is 7.78. The molecule has 3 rings (SSSR count). The lowest BCUT2D eigenvalue weighted by molar-refractivity contribution is -0.115. The molecule has 25 heavy (non-hydrogen) atoms. The highest BCUT2D eigenvalue weighted by atomic mass is 32.1. The number of thiazole rings is 1. The monoisotopic (exact) mass is 357 g/mol. The zero-order valence-corrected chi connectivity index (χ0v) is 15.9. The number of aromatic nitrogens is 1. The second-order valence-electron chi connectivity index (χ2n) is 6.99. The largest absolute Gasteiger partial charge is 0.326 e. The van der Waals surface area contributed by atoms with Gasteiger partial charge in [-0.25, -0.2) is 4.98 Å². The van der Waals surface area contributed by atoms with Crippen LogP contribution < -0.4 is 5.32 Å². The Morgan fingerprint density at radius 3 is 2.84 bits per heavy atom. The second-order valence-corrected chi connectivity index (χ2v) is 7.93. The van der Waals surface area contributed by atoms with E-state index < -0.39 is 0 Å². The van der Waals surface area contributed by atoms with Gasteiger partial charge < -0.3 is 5.32 Å². The van der Waals surface area contributed by atoms with Gasteiger partial charge in [0.25, 0.3) is 0 Å². The number of carbonyl (C=O) groups is 1. The average molecular weight is 358 g/mol. The molecule has 1 amide bonds. The number of nitrogens with zero attached hydrogens (tertiary/aromatic N) is 2. The van der Waals surface area contributed by atoms with Gasteiger partial charge in [-0.3, -0.25) is 9.69 Å². The number of likely N-dealkylation sites (tertiary alicyclic amines) is 1. The van der Waals surface area contributed by atoms with Crippen LogP contribution in [-0.4, -0.2) is 28.9 Å². The molecular formula is C20H27N3OS. The zero-order valence-electron chi connectivity index (χ0n) is 15.1. The summed E-state index contributed by atoms with van der Waals surface area (Å²) >= 11 is 1.62. The van der Waals surface area contributed by atoms with E-state index in [0.717, 1.165) is 35.3 Å². The molecule has 0 aliphatic carbocycles. The number of hydrogen-bond acceptors (Lipinski definition) is 4. The fourth-order valence-electron chi connectivity index (χ4n) is 3.34. The third-order valence-electron chi connectivity index (χ3n) is 4.63. The minimum Gasteiger partial charge on any atom is -0.326 e. The predicted molar refractivity (Wildman–Crippen MR) is 104 cm³/mol. The van der Waals surface area contributed by atoms with Crippen molar-refractivity contribution in [3.8, 4) is 0 Å². The fraction of sp³-hybridized carbons (Fsp3) is 0.500. The topological polar surface area (TPSA) is 45.2 Å². The molecule has 1 aliphatic heterocycles. The first-order valence-corrected chi connectivity index (χ1v) is 10.0. The summed E-state index contributed by atoms with van der Waals surface area (Å²) in [5.41, 5.74) is 3.01. The first-order chi connectivity index (χ1) is 12.1. The highest BCUT2D eigenvalue weighted by Gasteiger charge is 2.16. The van der Waals surface area contributed by atoms with Crippen LogP contribution in [0.15, 0.2) is 29.6 Å². The number of nitrogens with one attached hydrogen (secondary N) is 1. The van der Waals surface area contributed by atoms with Crippen LogP contribution in [0, 0.1) is 5.92 Å². The molecule has 1 aromatic heterocycles. The summed E-state index contributed by atoms with van der Waals surface area (Å²) in [6, 6.07) is 8.23. The predicted octanol–water partition coefficient (Wildman–Crippen LogP) is 4.12. The standard InChI is InChI=1S/C20H27N3OS/c1-3-20-22-18(14-25-20)11-19(24)21-17-8-6-16(7-9-17)13-23-10-4-5-15(2)12-23/h6-9,14-15H,3-5,10-13H2,1-2H3,(H,21,24). The van der Waals surface area contributed by atoms with E-state index in [0.29, 0.717) is 6.42 Å². The zero-order chi connectivity index (χ0) is 17.6. The fourth-order valence-corrected chi connectivity index (χ4v) is 4.09. The molecule has 1 N–H and O–H groups in total. The Hall–Kier alpha value is -1.72. The lowest BCUT2D eigenvalue weighted by atomic mass is 10.00. The Morgan fingerprint density at radius 1 is 1.36 bits per heavy atom. The number of aryl methyl sites for hydroxylation is 1.